The van der Waals surface area contributed by atoms with E-state index in [-0.39, 0.29) is 19.7 Å². The zero-order chi connectivity index (χ0) is 14.1. The highest BCUT2D eigenvalue weighted by Crippen LogP contribution is 1.99. The van der Waals surface area contributed by atoms with E-state index in [4.69, 9.17) is 9.84 Å². The Bertz CT molecular complexity index is 295. The van der Waals surface area contributed by atoms with Gasteiger partial charge in [-0.1, -0.05) is 6.08 Å². The Labute approximate surface area is 106 Å². The molecule has 1 atom stereocenters. The number of carboxylic acids is 1. The summed E-state index contributed by atoms with van der Waals surface area (Å²) >= 11 is 0. The lowest BCUT2D eigenvalue weighted by atomic mass is 10.3. The van der Waals surface area contributed by atoms with Crippen molar-refractivity contribution < 1.29 is 24.5 Å². The van der Waals surface area contributed by atoms with E-state index in [0.717, 1.165) is 4.90 Å². The van der Waals surface area contributed by atoms with Crippen LogP contribution in [0.5, 0.6) is 0 Å². The normalized spacial score (nSPS) is 11.7. The molecule has 1 unspecified atom stereocenters. The molecule has 0 aliphatic rings. The first-order valence-corrected chi connectivity index (χ1v) is 5.42. The predicted molar refractivity (Wildman–Crippen MR) is 65.3 cm³/mol. The summed E-state index contributed by atoms with van der Waals surface area (Å²) < 4.78 is 4.74. The van der Waals surface area contributed by atoms with Gasteiger partial charge in [-0.2, -0.15) is 0 Å². The molecule has 0 radical (unpaired) electrons. The number of hydrogen-bond donors (Lipinski definition) is 2. The van der Waals surface area contributed by atoms with Crippen molar-refractivity contribution in [2.24, 2.45) is 0 Å². The van der Waals surface area contributed by atoms with Crippen molar-refractivity contribution in [3.63, 3.8) is 0 Å². The van der Waals surface area contributed by atoms with E-state index in [0.29, 0.717) is 0 Å². The summed E-state index contributed by atoms with van der Waals surface area (Å²) in [5, 5.41) is 18.2. The number of aliphatic hydroxyl groups excluding tert-OH is 1. The van der Waals surface area contributed by atoms with Gasteiger partial charge in [-0.3, -0.25) is 4.79 Å². The molecule has 0 aliphatic heterocycles. The molecule has 0 spiro atoms. The van der Waals surface area contributed by atoms with Crippen LogP contribution in [0.25, 0.3) is 0 Å². The number of urea groups is 1. The highest BCUT2D eigenvalue weighted by Gasteiger charge is 2.21. The summed E-state index contributed by atoms with van der Waals surface area (Å²) in [4.78, 5) is 24.9. The minimum absolute atomic E-state index is 0.0694. The Morgan fingerprint density at radius 1 is 1.50 bits per heavy atom. The third kappa shape index (κ3) is 6.21. The third-order valence-electron chi connectivity index (χ3n) is 2.12. The predicted octanol–water partition coefficient (Wildman–Crippen LogP) is -0.382. The minimum Gasteiger partial charge on any atom is -0.480 e. The first-order valence-electron chi connectivity index (χ1n) is 5.42. The van der Waals surface area contributed by atoms with Gasteiger partial charge in [0, 0.05) is 20.7 Å². The number of methoxy groups -OCH3 is 1. The number of aliphatic carboxylic acids is 1. The Morgan fingerprint density at radius 3 is 2.56 bits per heavy atom. The van der Waals surface area contributed by atoms with Crippen molar-refractivity contribution in [3.8, 4) is 0 Å². The maximum Gasteiger partial charge on any atom is 0.323 e. The van der Waals surface area contributed by atoms with E-state index in [1.54, 1.807) is 0 Å². The van der Waals surface area contributed by atoms with Gasteiger partial charge in [-0.05, 0) is 0 Å². The van der Waals surface area contributed by atoms with E-state index < -0.39 is 24.6 Å². The van der Waals surface area contributed by atoms with Crippen molar-refractivity contribution in [2.75, 3.05) is 40.4 Å². The van der Waals surface area contributed by atoms with Crippen LogP contribution >= 0.6 is 0 Å². The number of likely N-dealkylation sites (N-methyl/N-ethyl adjacent to an activating group) is 1. The van der Waals surface area contributed by atoms with Crippen LogP contribution in [0.4, 0.5) is 4.79 Å². The molecule has 0 aromatic heterocycles. The summed E-state index contributed by atoms with van der Waals surface area (Å²) in [6.45, 7) is 3.37. The van der Waals surface area contributed by atoms with Crippen molar-refractivity contribution in [1.82, 2.24) is 9.80 Å². The molecular weight excluding hydrogens is 240 g/mol. The first kappa shape index (κ1) is 16.4. The lowest BCUT2D eigenvalue weighted by Gasteiger charge is -2.27. The van der Waals surface area contributed by atoms with Gasteiger partial charge in [-0.15, -0.1) is 6.58 Å². The summed E-state index contributed by atoms with van der Waals surface area (Å²) in [5.74, 6) is -1.10. The number of aliphatic hydroxyl groups is 1. The molecular formula is C11H20N2O5. The molecule has 0 aromatic carbocycles. The fourth-order valence-electron chi connectivity index (χ4n) is 1.41. The number of carboxylic acid groups (broad SMARTS) is 1. The SMILES string of the molecule is C=CCN(CC(=O)O)C(=O)N(C)CC(O)COC. The van der Waals surface area contributed by atoms with E-state index >= 15 is 0 Å². The van der Waals surface area contributed by atoms with Crippen LogP contribution in [0.15, 0.2) is 12.7 Å². The molecule has 7 heteroatoms. The number of ether oxygens (including phenoxy) is 1. The van der Waals surface area contributed by atoms with Crippen LogP contribution in [0, 0.1) is 0 Å². The van der Waals surface area contributed by atoms with Crippen LogP contribution in [0.2, 0.25) is 0 Å². The van der Waals surface area contributed by atoms with E-state index in [1.807, 2.05) is 0 Å². The van der Waals surface area contributed by atoms with Gasteiger partial charge in [0.15, 0.2) is 0 Å². The molecule has 2 amide bonds. The number of carbonyl (C=O) groups is 2. The summed E-state index contributed by atoms with van der Waals surface area (Å²) in [5.41, 5.74) is 0. The fraction of sp³-hybridized carbons (Fsp3) is 0.636. The lowest BCUT2D eigenvalue weighted by molar-refractivity contribution is -0.137. The van der Waals surface area contributed by atoms with Gasteiger partial charge in [0.05, 0.1) is 19.3 Å². The van der Waals surface area contributed by atoms with Crippen molar-refractivity contribution in [2.45, 2.75) is 6.10 Å². The maximum atomic E-state index is 11.9. The van der Waals surface area contributed by atoms with E-state index in [1.165, 1.54) is 25.1 Å². The van der Waals surface area contributed by atoms with E-state index in [9.17, 15) is 14.7 Å². The number of rotatable bonds is 8. The second-order valence-electron chi connectivity index (χ2n) is 3.84. The molecule has 0 aliphatic carbocycles. The Balaban J connectivity index is 4.45. The van der Waals surface area contributed by atoms with Gasteiger partial charge in [0.25, 0.3) is 0 Å². The first-order chi connectivity index (χ1) is 8.42. The molecule has 0 fully saturated rings. The standard InChI is InChI=1S/C11H20N2O5/c1-4-5-13(7-10(15)16)11(17)12(2)6-9(14)8-18-3/h4,9,14H,1,5-8H2,2-3H3,(H,15,16). The molecule has 0 rings (SSSR count). The molecule has 0 saturated carbocycles. The van der Waals surface area contributed by atoms with E-state index in [2.05, 4.69) is 6.58 Å². The molecule has 0 heterocycles. The Morgan fingerprint density at radius 2 is 2.11 bits per heavy atom. The zero-order valence-corrected chi connectivity index (χ0v) is 10.7. The van der Waals surface area contributed by atoms with Crippen molar-refractivity contribution in [1.29, 1.82) is 0 Å². The van der Waals surface area contributed by atoms with Gasteiger partial charge in [0.1, 0.15) is 6.54 Å². The van der Waals surface area contributed by atoms with Crippen LogP contribution in [-0.2, 0) is 9.53 Å². The summed E-state index contributed by atoms with van der Waals surface area (Å²) in [7, 11) is 2.93. The highest BCUT2D eigenvalue weighted by atomic mass is 16.5. The zero-order valence-electron chi connectivity index (χ0n) is 10.7. The molecule has 18 heavy (non-hydrogen) atoms. The summed E-state index contributed by atoms with van der Waals surface area (Å²) in [6.07, 6.45) is 0.639. The smallest absolute Gasteiger partial charge is 0.323 e. The summed E-state index contributed by atoms with van der Waals surface area (Å²) in [6, 6.07) is -0.479. The van der Waals surface area contributed by atoms with Gasteiger partial charge < -0.3 is 24.7 Å². The van der Waals surface area contributed by atoms with Gasteiger partial charge in [-0.25, -0.2) is 4.79 Å². The molecule has 0 bridgehead atoms. The average Bonchev–Trinajstić information content (AvgIpc) is 2.27. The topological polar surface area (TPSA) is 90.3 Å². The second-order valence-corrected chi connectivity index (χ2v) is 3.84. The molecule has 2 N–H and O–H groups in total. The fourth-order valence-corrected chi connectivity index (χ4v) is 1.41. The van der Waals surface area contributed by atoms with Gasteiger partial charge in [0.2, 0.25) is 0 Å². The quantitative estimate of drug-likeness (QED) is 0.580. The Kier molecular flexibility index (Phi) is 7.73. The maximum absolute atomic E-state index is 11.9. The van der Waals surface area contributed by atoms with Crippen molar-refractivity contribution in [3.05, 3.63) is 12.7 Å². The van der Waals surface area contributed by atoms with Crippen LogP contribution in [-0.4, -0.2) is 78.5 Å². The van der Waals surface area contributed by atoms with Crippen molar-refractivity contribution >= 4 is 12.0 Å². The number of hydrogen-bond acceptors (Lipinski definition) is 4. The number of nitrogens with zero attached hydrogens (tertiary/aromatic N) is 2. The molecule has 0 saturated heterocycles. The van der Waals surface area contributed by atoms with Gasteiger partial charge >= 0.3 is 12.0 Å². The Hall–Kier alpha value is -1.60. The highest BCUT2D eigenvalue weighted by molar-refractivity contribution is 5.80. The largest absolute Gasteiger partial charge is 0.480 e. The van der Waals surface area contributed by atoms with Crippen LogP contribution in [0.1, 0.15) is 0 Å². The second kappa shape index (κ2) is 8.48. The third-order valence-corrected chi connectivity index (χ3v) is 2.12. The number of carbonyl (C=O) groups excluding carboxylic acids is 1. The number of amides is 2. The van der Waals surface area contributed by atoms with Crippen LogP contribution < -0.4 is 0 Å². The minimum atomic E-state index is -1.10. The average molecular weight is 260 g/mol. The molecule has 7 nitrogen and oxygen atoms in total. The molecule has 0 aromatic rings. The van der Waals surface area contributed by atoms with Crippen LogP contribution in [0.3, 0.4) is 0 Å². The molecule has 104 valence electrons. The lowest BCUT2D eigenvalue weighted by Crippen LogP contribution is -2.46. The monoisotopic (exact) mass is 260 g/mol.